The molecule has 0 aromatic carbocycles. The van der Waals surface area contributed by atoms with Crippen LogP contribution in [0, 0.1) is 0 Å². The molecule has 0 heterocycles. The first-order valence-electron chi connectivity index (χ1n) is 5.04. The van der Waals surface area contributed by atoms with Crippen molar-refractivity contribution >= 4 is 26.7 Å². The highest BCUT2D eigenvalue weighted by atomic mass is 32.2. The van der Waals surface area contributed by atoms with E-state index in [0.717, 1.165) is 0 Å². The van der Waals surface area contributed by atoms with Crippen molar-refractivity contribution in [1.29, 1.82) is 0 Å². The molecule has 0 atom stereocenters. The third kappa shape index (κ3) is 3.67. The normalized spacial score (nSPS) is 15.1. The molecule has 4 nitrogen and oxygen atoms in total. The summed E-state index contributed by atoms with van der Waals surface area (Å²) in [5.41, 5.74) is 0. The highest BCUT2D eigenvalue weighted by Crippen LogP contribution is 2.24. The molecule has 0 saturated heterocycles. The molecule has 7 heteroatoms. The summed E-state index contributed by atoms with van der Waals surface area (Å²) in [5.74, 6) is 0. The fraction of sp³-hybridized carbons (Fsp3) is 1.00. The second kappa shape index (κ2) is 4.29. The first kappa shape index (κ1) is 15.3. The van der Waals surface area contributed by atoms with Crippen molar-refractivity contribution in [1.82, 2.24) is 7.94 Å². The van der Waals surface area contributed by atoms with Gasteiger partial charge in [-0.05, 0) is 0 Å². The van der Waals surface area contributed by atoms with Gasteiger partial charge >= 0.3 is 0 Å². The number of nitrogens with zero attached hydrogens (tertiary/aromatic N) is 2. The summed E-state index contributed by atoms with van der Waals surface area (Å²) in [6, 6.07) is 0. The SMILES string of the molecule is CN(C)S(=O)(=O)N([Si](C)(C)C)[Si](C)(C)C. The van der Waals surface area contributed by atoms with Crippen LogP contribution in [-0.2, 0) is 10.2 Å². The van der Waals surface area contributed by atoms with Gasteiger partial charge in [-0.1, -0.05) is 39.3 Å². The van der Waals surface area contributed by atoms with Gasteiger partial charge in [-0.25, -0.2) is 3.64 Å². The number of hydrogen-bond donors (Lipinski definition) is 0. The van der Waals surface area contributed by atoms with Crippen molar-refractivity contribution in [3.63, 3.8) is 0 Å². The Bertz CT molecular complexity index is 301. The van der Waals surface area contributed by atoms with Crippen LogP contribution >= 0.6 is 0 Å². The maximum absolute atomic E-state index is 12.2. The Balaban J connectivity index is 5.55. The van der Waals surface area contributed by atoms with Crippen molar-refractivity contribution in [3.05, 3.63) is 0 Å². The van der Waals surface area contributed by atoms with Gasteiger partial charge in [-0.15, -0.1) is 0 Å². The van der Waals surface area contributed by atoms with E-state index < -0.39 is 26.7 Å². The summed E-state index contributed by atoms with van der Waals surface area (Å²) >= 11 is 0. The van der Waals surface area contributed by atoms with Gasteiger partial charge in [0, 0.05) is 14.1 Å². The number of rotatable bonds is 4. The molecule has 0 aliphatic carbocycles. The minimum atomic E-state index is -3.26. The Hall–Kier alpha value is 0.304. The van der Waals surface area contributed by atoms with Crippen molar-refractivity contribution in [3.8, 4) is 0 Å². The van der Waals surface area contributed by atoms with E-state index in [4.69, 9.17) is 0 Å². The molecular weight excluding hydrogens is 244 g/mol. The molecule has 15 heavy (non-hydrogen) atoms. The first-order chi connectivity index (χ1) is 6.31. The van der Waals surface area contributed by atoms with Gasteiger partial charge in [0.2, 0.25) is 0 Å². The van der Waals surface area contributed by atoms with E-state index in [2.05, 4.69) is 39.3 Å². The van der Waals surface area contributed by atoms with Crippen LogP contribution in [0.3, 0.4) is 0 Å². The Kier molecular flexibility index (Phi) is 4.37. The van der Waals surface area contributed by atoms with E-state index in [1.54, 1.807) is 14.1 Å². The molecule has 0 aliphatic heterocycles. The van der Waals surface area contributed by atoms with E-state index >= 15 is 0 Å². The van der Waals surface area contributed by atoms with Crippen molar-refractivity contribution in [2.24, 2.45) is 0 Å². The minimum absolute atomic E-state index is 1.32. The standard InChI is InChI=1S/C8H24N2O2SSi2/c1-9(2)13(11,12)10(14(3,4)5)15(6,7)8/h1-8H3. The Morgan fingerprint density at radius 1 is 0.800 bits per heavy atom. The third-order valence-electron chi connectivity index (χ3n) is 1.91. The van der Waals surface area contributed by atoms with Crippen LogP contribution in [0.1, 0.15) is 0 Å². The molecule has 0 spiro atoms. The van der Waals surface area contributed by atoms with Gasteiger partial charge in [0.25, 0.3) is 10.2 Å². The lowest BCUT2D eigenvalue weighted by molar-refractivity contribution is 0.494. The van der Waals surface area contributed by atoms with E-state index in [9.17, 15) is 8.42 Å². The Morgan fingerprint density at radius 3 is 1.13 bits per heavy atom. The second-order valence-corrected chi connectivity index (χ2v) is 18.6. The van der Waals surface area contributed by atoms with E-state index in [1.165, 1.54) is 4.31 Å². The molecule has 0 amide bonds. The Labute approximate surface area is 96.6 Å². The molecule has 0 aromatic heterocycles. The van der Waals surface area contributed by atoms with Crippen molar-refractivity contribution < 1.29 is 8.42 Å². The van der Waals surface area contributed by atoms with Gasteiger partial charge < -0.3 is 0 Å². The summed E-state index contributed by atoms with van der Waals surface area (Å²) in [4.78, 5) is 0. The molecule has 0 rings (SSSR count). The molecule has 0 radical (unpaired) electrons. The van der Waals surface area contributed by atoms with Crippen LogP contribution in [-0.4, -0.2) is 46.9 Å². The Morgan fingerprint density at radius 2 is 1.07 bits per heavy atom. The van der Waals surface area contributed by atoms with Crippen molar-refractivity contribution in [2.45, 2.75) is 39.3 Å². The maximum Gasteiger partial charge on any atom is 0.269 e. The zero-order valence-electron chi connectivity index (χ0n) is 11.1. The van der Waals surface area contributed by atoms with Gasteiger partial charge in [0.05, 0.1) is 0 Å². The van der Waals surface area contributed by atoms with E-state index in [1.807, 2.05) is 3.64 Å². The van der Waals surface area contributed by atoms with Crippen LogP contribution in [0.15, 0.2) is 0 Å². The average Bonchev–Trinajstić information content (AvgIpc) is 1.76. The predicted octanol–water partition coefficient (Wildman–Crippen LogP) is 1.76. The fourth-order valence-electron chi connectivity index (χ4n) is 1.86. The van der Waals surface area contributed by atoms with E-state index in [-0.39, 0.29) is 0 Å². The molecule has 0 N–H and O–H groups in total. The number of hydrogen-bond acceptors (Lipinski definition) is 2. The molecule has 0 saturated carbocycles. The summed E-state index contributed by atoms with van der Waals surface area (Å²) in [6.07, 6.45) is 0. The van der Waals surface area contributed by atoms with Crippen LogP contribution in [0.25, 0.3) is 0 Å². The fourth-order valence-corrected chi connectivity index (χ4v) is 16.8. The van der Waals surface area contributed by atoms with Gasteiger partial charge in [0.15, 0.2) is 0 Å². The van der Waals surface area contributed by atoms with E-state index in [0.29, 0.717) is 0 Å². The predicted molar refractivity (Wildman–Crippen MR) is 71.1 cm³/mol. The molecule has 0 fully saturated rings. The molecule has 0 unspecified atom stereocenters. The third-order valence-corrected chi connectivity index (χ3v) is 14.4. The molecular formula is C8H24N2O2SSi2. The highest BCUT2D eigenvalue weighted by molar-refractivity contribution is 7.89. The van der Waals surface area contributed by atoms with Crippen molar-refractivity contribution in [2.75, 3.05) is 14.1 Å². The summed E-state index contributed by atoms with van der Waals surface area (Å²) in [7, 11) is -3.77. The molecule has 0 aromatic rings. The minimum Gasteiger partial charge on any atom is -0.234 e. The van der Waals surface area contributed by atoms with Gasteiger partial charge in [0.1, 0.15) is 16.5 Å². The first-order valence-corrected chi connectivity index (χ1v) is 13.3. The monoisotopic (exact) mass is 268 g/mol. The quantitative estimate of drug-likeness (QED) is 0.729. The van der Waals surface area contributed by atoms with Crippen LogP contribution in [0.5, 0.6) is 0 Å². The summed E-state index contributed by atoms with van der Waals surface area (Å²) in [6.45, 7) is 12.5. The zero-order chi connectivity index (χ0) is 12.7. The molecule has 92 valence electrons. The second-order valence-electron chi connectivity index (χ2n) is 5.90. The van der Waals surface area contributed by atoms with Crippen LogP contribution < -0.4 is 0 Å². The smallest absolute Gasteiger partial charge is 0.234 e. The largest absolute Gasteiger partial charge is 0.269 e. The zero-order valence-corrected chi connectivity index (χ0v) is 13.9. The average molecular weight is 269 g/mol. The van der Waals surface area contributed by atoms with Crippen LogP contribution in [0.2, 0.25) is 39.3 Å². The topological polar surface area (TPSA) is 40.6 Å². The lowest BCUT2D eigenvalue weighted by atomic mass is 11.3. The maximum atomic E-state index is 12.2. The molecule has 0 bridgehead atoms. The summed E-state index contributed by atoms with van der Waals surface area (Å²) in [5, 5.41) is 0. The van der Waals surface area contributed by atoms with Gasteiger partial charge in [-0.3, -0.25) is 0 Å². The molecule has 0 aliphatic rings. The highest BCUT2D eigenvalue weighted by Gasteiger charge is 2.43. The lowest BCUT2D eigenvalue weighted by Crippen LogP contribution is -2.63. The lowest BCUT2D eigenvalue weighted by Gasteiger charge is -2.43. The summed E-state index contributed by atoms with van der Waals surface area (Å²) < 4.78 is 27.6. The van der Waals surface area contributed by atoms with Crippen LogP contribution in [0.4, 0.5) is 0 Å². The van der Waals surface area contributed by atoms with Gasteiger partial charge in [-0.2, -0.15) is 12.7 Å².